The van der Waals surface area contributed by atoms with Crippen LogP contribution in [0.25, 0.3) is 33.3 Å². The van der Waals surface area contributed by atoms with Gasteiger partial charge in [0.1, 0.15) is 5.82 Å². The van der Waals surface area contributed by atoms with Crippen molar-refractivity contribution in [1.29, 1.82) is 0 Å². The third-order valence-corrected chi connectivity index (χ3v) is 8.69. The van der Waals surface area contributed by atoms with Crippen molar-refractivity contribution in [1.82, 2.24) is 39.6 Å². The van der Waals surface area contributed by atoms with Gasteiger partial charge in [-0.05, 0) is 24.3 Å². The summed E-state index contributed by atoms with van der Waals surface area (Å²) in [4.78, 5) is 49.2. The molecule has 13 heteroatoms. The molecule has 1 N–H and O–H groups in total. The van der Waals surface area contributed by atoms with E-state index in [-0.39, 0.29) is 17.5 Å². The molecule has 4 aromatic heterocycles. The van der Waals surface area contributed by atoms with Gasteiger partial charge in [0, 0.05) is 105 Å². The number of carbonyl (C=O) groups excluding carboxylic acids is 1. The molecule has 0 bridgehead atoms. The molecule has 0 radical (unpaired) electrons. The maximum absolute atomic E-state index is 12.4. The number of carboxylic acid groups (broad SMARTS) is 1. The zero-order valence-corrected chi connectivity index (χ0v) is 25.6. The van der Waals surface area contributed by atoms with Crippen LogP contribution >= 0.6 is 0 Å². The summed E-state index contributed by atoms with van der Waals surface area (Å²) in [6.07, 6.45) is 10.5. The number of carboxylic acids is 1. The van der Waals surface area contributed by atoms with Crippen LogP contribution in [0.15, 0.2) is 55.2 Å². The second kappa shape index (κ2) is 12.2. The third-order valence-electron chi connectivity index (χ3n) is 8.69. The number of hydrogen-bond acceptors (Lipinski definition) is 10. The Balaban J connectivity index is 1.17. The van der Waals surface area contributed by atoms with Crippen molar-refractivity contribution < 1.29 is 19.4 Å². The number of hydrogen-bond donors (Lipinski definition) is 1. The number of rotatable bonds is 7. The van der Waals surface area contributed by atoms with Crippen LogP contribution < -0.4 is 4.90 Å². The molecule has 2 aliphatic rings. The van der Waals surface area contributed by atoms with Crippen LogP contribution in [0, 0.1) is 0 Å². The van der Waals surface area contributed by atoms with Crippen molar-refractivity contribution in [3.8, 4) is 22.5 Å². The molecule has 1 saturated heterocycles. The Kier molecular flexibility index (Phi) is 7.83. The molecule has 46 heavy (non-hydrogen) atoms. The van der Waals surface area contributed by atoms with Crippen molar-refractivity contribution in [2.45, 2.75) is 45.3 Å². The van der Waals surface area contributed by atoms with Gasteiger partial charge in [0.25, 0.3) is 0 Å². The van der Waals surface area contributed by atoms with Crippen LogP contribution in [0.1, 0.15) is 53.2 Å². The van der Waals surface area contributed by atoms with E-state index in [4.69, 9.17) is 19.9 Å². The number of ether oxygens (including phenoxy) is 1. The van der Waals surface area contributed by atoms with E-state index in [2.05, 4.69) is 36.8 Å². The Morgan fingerprint density at radius 3 is 2.50 bits per heavy atom. The minimum atomic E-state index is -1.08. The maximum atomic E-state index is 12.4. The fraction of sp³-hybridized carbons (Fsp3) is 0.333. The standard InChI is InChI=1S/C33H33N9O4/c1-20(43)41-9-6-29-27(18-41)31(39-42(29)24-7-10-46-11-8-24)25-5-3-4-21-12-28(34-17-26(21)25)22-13-35-30(36-14-22)19-40(2)33-37-15-23(16-38-33)32(44)45/h3-5,12-17,24H,6-11,18-19H2,1-2H3,(H,44,45). The minimum absolute atomic E-state index is 0.0244. The summed E-state index contributed by atoms with van der Waals surface area (Å²) in [6.45, 7) is 4.67. The van der Waals surface area contributed by atoms with Gasteiger partial charge in [0.05, 0.1) is 29.5 Å². The molecular weight excluding hydrogens is 586 g/mol. The number of nitrogens with zero attached hydrogens (tertiary/aromatic N) is 9. The molecule has 0 atom stereocenters. The highest BCUT2D eigenvalue weighted by atomic mass is 16.5. The lowest BCUT2D eigenvalue weighted by Crippen LogP contribution is -2.35. The lowest BCUT2D eigenvalue weighted by molar-refractivity contribution is -0.129. The average Bonchev–Trinajstić information content (AvgIpc) is 3.47. The minimum Gasteiger partial charge on any atom is -0.478 e. The number of anilines is 1. The Morgan fingerprint density at radius 2 is 1.78 bits per heavy atom. The molecule has 2 aliphatic heterocycles. The van der Waals surface area contributed by atoms with Crippen molar-refractivity contribution >= 4 is 28.6 Å². The Hall–Kier alpha value is -5.30. The van der Waals surface area contributed by atoms with Gasteiger partial charge in [0.15, 0.2) is 0 Å². The van der Waals surface area contributed by atoms with Crippen LogP contribution in [-0.2, 0) is 29.0 Å². The van der Waals surface area contributed by atoms with E-state index in [1.54, 1.807) is 31.3 Å². The monoisotopic (exact) mass is 619 g/mol. The van der Waals surface area contributed by atoms with E-state index in [9.17, 15) is 9.59 Å². The summed E-state index contributed by atoms with van der Waals surface area (Å²) in [5.41, 5.74) is 5.78. The number of benzene rings is 1. The van der Waals surface area contributed by atoms with E-state index in [0.717, 1.165) is 71.3 Å². The maximum Gasteiger partial charge on any atom is 0.338 e. The molecule has 13 nitrogen and oxygen atoms in total. The SMILES string of the molecule is CC(=O)N1CCc2c(c(-c3cccc4cc(-c5cnc(CN(C)c6ncc(C(=O)O)cn6)nc5)ncc34)nn2C2CCOCC2)C1. The van der Waals surface area contributed by atoms with Crippen LogP contribution in [0.5, 0.6) is 0 Å². The molecular formula is C33H33N9O4. The van der Waals surface area contributed by atoms with Crippen LogP contribution in [0.4, 0.5) is 5.95 Å². The lowest BCUT2D eigenvalue weighted by Gasteiger charge is -2.29. The van der Waals surface area contributed by atoms with Gasteiger partial charge in [-0.15, -0.1) is 0 Å². The summed E-state index contributed by atoms with van der Waals surface area (Å²) < 4.78 is 7.83. The summed E-state index contributed by atoms with van der Waals surface area (Å²) in [6, 6.07) is 8.50. The van der Waals surface area contributed by atoms with Crippen LogP contribution in [0.3, 0.4) is 0 Å². The lowest BCUT2D eigenvalue weighted by atomic mass is 9.96. The Morgan fingerprint density at radius 1 is 1.02 bits per heavy atom. The highest BCUT2D eigenvalue weighted by molar-refractivity contribution is 5.97. The van der Waals surface area contributed by atoms with Gasteiger partial charge in [0.2, 0.25) is 11.9 Å². The van der Waals surface area contributed by atoms with Gasteiger partial charge in [-0.1, -0.05) is 18.2 Å². The fourth-order valence-corrected chi connectivity index (χ4v) is 6.18. The molecule has 5 aromatic rings. The summed E-state index contributed by atoms with van der Waals surface area (Å²) in [5, 5.41) is 16.3. The highest BCUT2D eigenvalue weighted by Crippen LogP contribution is 2.37. The Bertz CT molecular complexity index is 1920. The Labute approximate surface area is 264 Å². The van der Waals surface area contributed by atoms with Crippen molar-refractivity contribution in [3.63, 3.8) is 0 Å². The summed E-state index contributed by atoms with van der Waals surface area (Å²) in [7, 11) is 1.79. The summed E-state index contributed by atoms with van der Waals surface area (Å²) >= 11 is 0. The molecule has 7 rings (SSSR count). The van der Waals surface area contributed by atoms with Gasteiger partial charge in [-0.2, -0.15) is 5.10 Å². The zero-order chi connectivity index (χ0) is 31.8. The first-order valence-corrected chi connectivity index (χ1v) is 15.3. The topological polar surface area (TPSA) is 152 Å². The molecule has 0 aliphatic carbocycles. The molecule has 1 amide bonds. The zero-order valence-electron chi connectivity index (χ0n) is 25.6. The van der Waals surface area contributed by atoms with Gasteiger partial charge in [-0.25, -0.2) is 24.7 Å². The number of aromatic nitrogens is 7. The van der Waals surface area contributed by atoms with E-state index in [1.807, 2.05) is 23.2 Å². The van der Waals surface area contributed by atoms with E-state index >= 15 is 0 Å². The quantitative estimate of drug-likeness (QED) is 0.282. The first-order chi connectivity index (χ1) is 22.4. The van der Waals surface area contributed by atoms with Crippen molar-refractivity contribution in [3.05, 3.63) is 77.9 Å². The number of aromatic carboxylic acids is 1. The van der Waals surface area contributed by atoms with Crippen molar-refractivity contribution in [2.24, 2.45) is 0 Å². The second-order valence-electron chi connectivity index (χ2n) is 11.7. The molecule has 1 aromatic carbocycles. The first kappa shape index (κ1) is 29.4. The molecule has 0 unspecified atom stereocenters. The molecule has 1 fully saturated rings. The number of fused-ring (bicyclic) bond motifs is 2. The molecule has 6 heterocycles. The highest BCUT2D eigenvalue weighted by Gasteiger charge is 2.30. The first-order valence-electron chi connectivity index (χ1n) is 15.3. The second-order valence-corrected chi connectivity index (χ2v) is 11.7. The van der Waals surface area contributed by atoms with Crippen LogP contribution in [0.2, 0.25) is 0 Å². The predicted octanol–water partition coefficient (Wildman–Crippen LogP) is 3.94. The average molecular weight is 620 g/mol. The van der Waals surface area contributed by atoms with Gasteiger partial charge < -0.3 is 19.6 Å². The van der Waals surface area contributed by atoms with Gasteiger partial charge in [-0.3, -0.25) is 14.5 Å². The van der Waals surface area contributed by atoms with E-state index in [1.165, 1.54) is 18.1 Å². The smallest absolute Gasteiger partial charge is 0.338 e. The summed E-state index contributed by atoms with van der Waals surface area (Å²) in [5.74, 6) is -0.0718. The molecule has 0 saturated carbocycles. The third kappa shape index (κ3) is 5.65. The van der Waals surface area contributed by atoms with Crippen molar-refractivity contribution in [2.75, 3.05) is 31.7 Å². The normalized spacial score (nSPS) is 15.1. The number of pyridine rings is 1. The fourth-order valence-electron chi connectivity index (χ4n) is 6.18. The number of amides is 1. The molecule has 234 valence electrons. The number of carbonyl (C=O) groups is 2. The van der Waals surface area contributed by atoms with E-state index in [0.29, 0.717) is 31.4 Å². The van der Waals surface area contributed by atoms with Crippen LogP contribution in [-0.4, -0.2) is 83.4 Å². The molecule has 0 spiro atoms. The largest absolute Gasteiger partial charge is 0.478 e. The van der Waals surface area contributed by atoms with Gasteiger partial charge >= 0.3 is 5.97 Å². The predicted molar refractivity (Wildman–Crippen MR) is 169 cm³/mol. The van der Waals surface area contributed by atoms with E-state index < -0.39 is 5.97 Å².